The quantitative estimate of drug-likeness (QED) is 0.103. The number of aromatic nitrogens is 3. The van der Waals surface area contributed by atoms with Gasteiger partial charge in [0.05, 0.1) is 13.7 Å². The van der Waals surface area contributed by atoms with Crippen LogP contribution in [0.4, 0.5) is 4.39 Å². The van der Waals surface area contributed by atoms with Crippen molar-refractivity contribution in [2.24, 2.45) is 0 Å². The second-order valence-corrected chi connectivity index (χ2v) is 17.3. The molecule has 0 unspecified atom stereocenters. The Hall–Kier alpha value is -3.51. The number of benzene rings is 2. The molecular weight excluding hydrogens is 730 g/mol. The minimum Gasteiger partial charge on any atom is -0.486 e. The van der Waals surface area contributed by atoms with E-state index in [1.165, 1.54) is 23.8 Å². The molecule has 43 heavy (non-hydrogen) atoms. The Labute approximate surface area is 276 Å². The van der Waals surface area contributed by atoms with Gasteiger partial charge in [0, 0.05) is 46.1 Å². The third-order valence-electron chi connectivity index (χ3n) is 6.95. The first-order chi connectivity index (χ1) is 22.2. The Morgan fingerprint density at radius 1 is 0.907 bits per heavy atom. The van der Waals surface area contributed by atoms with Crippen molar-refractivity contribution in [1.82, 2.24) is 15.0 Å². The van der Waals surface area contributed by atoms with Gasteiger partial charge in [-0.05, 0) is 52.6 Å². The second-order valence-electron chi connectivity index (χ2n) is 12.2. The molecule has 7 heteroatoms. The van der Waals surface area contributed by atoms with Crippen LogP contribution in [0.5, 0.6) is 0 Å². The van der Waals surface area contributed by atoms with Gasteiger partial charge in [0.15, 0.2) is 0 Å². The van der Waals surface area contributed by atoms with E-state index in [1.807, 2.05) is 24.3 Å². The van der Waals surface area contributed by atoms with Gasteiger partial charge in [-0.3, -0.25) is 0 Å². The fourth-order valence-electron chi connectivity index (χ4n) is 4.61. The average molecular weight is 772 g/mol. The molecule has 4 aromatic heterocycles. The summed E-state index contributed by atoms with van der Waals surface area (Å²) < 4.78 is 64.8. The molecule has 1 radical (unpaired) electrons. The predicted molar refractivity (Wildman–Crippen MR) is 173 cm³/mol. The molecule has 0 saturated carbocycles. The first kappa shape index (κ1) is 24.9. The molecule has 0 bridgehead atoms. The molecule has 0 aliphatic carbocycles. The van der Waals surface area contributed by atoms with E-state index in [0.717, 1.165) is 27.2 Å². The van der Waals surface area contributed by atoms with E-state index in [2.05, 4.69) is 67.5 Å². The molecule has 6 aromatic rings. The summed E-state index contributed by atoms with van der Waals surface area (Å²) in [5, 5.41) is 2.48. The maximum atomic E-state index is 13.4. The number of nitrogens with zero attached hydrogens (tertiary/aromatic N) is 3. The van der Waals surface area contributed by atoms with Gasteiger partial charge in [-0.25, -0.2) is 0 Å². The van der Waals surface area contributed by atoms with E-state index in [0.29, 0.717) is 22.4 Å². The zero-order valence-corrected chi connectivity index (χ0v) is 28.3. The van der Waals surface area contributed by atoms with E-state index in [9.17, 15) is 4.39 Å². The molecule has 4 heterocycles. The molecule has 0 N–H and O–H groups in total. The third kappa shape index (κ3) is 7.18. The molecule has 6 rings (SSSR count). The molecule has 0 amide bonds. The number of hydrogen-bond acceptors (Lipinski definition) is 4. The van der Waals surface area contributed by atoms with Gasteiger partial charge in [-0.2, -0.15) is 9.37 Å². The summed E-state index contributed by atoms with van der Waals surface area (Å²) >= 11 is 0. The van der Waals surface area contributed by atoms with Crippen molar-refractivity contribution in [1.29, 1.82) is 0 Å². The maximum Gasteiger partial charge on any atom is 0.218 e. The van der Waals surface area contributed by atoms with Crippen molar-refractivity contribution in [2.45, 2.75) is 59.5 Å². The van der Waals surface area contributed by atoms with Gasteiger partial charge in [-0.15, -0.1) is 53.6 Å². The van der Waals surface area contributed by atoms with Crippen LogP contribution in [-0.2, 0) is 25.5 Å². The van der Waals surface area contributed by atoms with Gasteiger partial charge in [0.1, 0.15) is 0 Å². The van der Waals surface area contributed by atoms with Gasteiger partial charge in [-0.1, -0.05) is 75.9 Å². The number of fused-ring (bicyclic) bond motifs is 3. The van der Waals surface area contributed by atoms with Gasteiger partial charge >= 0.3 is 0 Å². The van der Waals surface area contributed by atoms with E-state index < -0.39 is 27.7 Å². The fourth-order valence-corrected chi connectivity index (χ4v) is 5.94. The van der Waals surface area contributed by atoms with Crippen LogP contribution in [0.1, 0.15) is 45.7 Å². The van der Waals surface area contributed by atoms with Gasteiger partial charge in [0.2, 0.25) is 11.7 Å². The number of furan rings is 1. The minimum atomic E-state index is -2.22. The summed E-state index contributed by atoms with van der Waals surface area (Å²) in [5.74, 6) is -0.556. The first-order valence-corrected chi connectivity index (χ1v) is 17.1. The predicted octanol–water partition coefficient (Wildman–Crippen LogP) is 8.99. The summed E-state index contributed by atoms with van der Waals surface area (Å²) in [6, 6.07) is 23.0. The van der Waals surface area contributed by atoms with Crippen LogP contribution in [0, 0.1) is 31.8 Å². The van der Waals surface area contributed by atoms with E-state index in [4.69, 9.17) is 12.6 Å². The third-order valence-corrected chi connectivity index (χ3v) is 8.96. The minimum absolute atomic E-state index is 0. The van der Waals surface area contributed by atoms with Crippen LogP contribution in [-0.4, -0.2) is 23.0 Å². The first-order valence-electron chi connectivity index (χ1n) is 16.6. The normalized spacial score (nSPS) is 14.3. The molecule has 223 valence electrons. The van der Waals surface area contributed by atoms with Crippen LogP contribution in [0.2, 0.25) is 19.6 Å². The molecule has 0 aliphatic rings. The van der Waals surface area contributed by atoms with Crippen molar-refractivity contribution >= 4 is 35.3 Å². The Balaban J connectivity index is 0.000000216. The molecular formula is C36H36FIrN3OSi-2. The molecule has 0 fully saturated rings. The molecule has 0 aliphatic heterocycles. The summed E-state index contributed by atoms with van der Waals surface area (Å²) in [6.45, 7) is 8.31. The SMILES string of the molecule is CC(C)(C)c1ccnc(-c2[c-]ccc3c2oc2nc(F)ccc23)c1.[2H]C([2H])([2H])c1c[c-]c(-c2cc(C([2H])([2H])[2H])c([Si](C)(C)C)cn2)cc1.[Ir]. The molecule has 0 spiro atoms. The average Bonchev–Trinajstić information content (AvgIpc) is 3.37. The van der Waals surface area contributed by atoms with Crippen molar-refractivity contribution in [2.75, 3.05) is 0 Å². The number of hydrogen-bond donors (Lipinski definition) is 0. The van der Waals surface area contributed by atoms with Crippen LogP contribution < -0.4 is 5.19 Å². The largest absolute Gasteiger partial charge is 0.486 e. The Kier molecular flexibility index (Phi) is 7.30. The van der Waals surface area contributed by atoms with Gasteiger partial charge in [0.25, 0.3) is 0 Å². The molecule has 4 nitrogen and oxygen atoms in total. The van der Waals surface area contributed by atoms with Crippen molar-refractivity contribution in [3.05, 3.63) is 108 Å². The molecule has 0 atom stereocenters. The summed E-state index contributed by atoms with van der Waals surface area (Å²) in [5.41, 5.74) is 5.24. The number of rotatable bonds is 3. The fraction of sp³-hybridized carbons (Fsp3) is 0.250. The number of halogens is 1. The number of aryl methyl sites for hydroxylation is 2. The van der Waals surface area contributed by atoms with Crippen LogP contribution >= 0.6 is 0 Å². The molecule has 0 saturated heterocycles. The van der Waals surface area contributed by atoms with Crippen LogP contribution in [0.25, 0.3) is 44.6 Å². The summed E-state index contributed by atoms with van der Waals surface area (Å²) in [4.78, 5) is 12.7. The smallest absolute Gasteiger partial charge is 0.218 e. The Bertz CT molecular complexity index is 2100. The van der Waals surface area contributed by atoms with E-state index >= 15 is 0 Å². The molecule has 2 aromatic carbocycles. The standard InChI is InChI=1S/C20H16FN2O.C16H20NSi.Ir/c1-20(2,3)12-9-10-22-16(11-12)15-6-4-5-13-14-7-8-17(21)23-19(14)24-18(13)15;1-12-6-8-14(9-7-12)15-10-13(2)16(11-17-15)18(3,4)5;/h4-5,7-11H,1-3H3;6-8,10-11H,1-5H3;/q2*-1;/i;1D3,2D3;. The second kappa shape index (κ2) is 12.6. The van der Waals surface area contributed by atoms with E-state index in [-0.39, 0.29) is 36.8 Å². The van der Waals surface area contributed by atoms with Crippen molar-refractivity contribution in [3.8, 4) is 22.5 Å². The summed E-state index contributed by atoms with van der Waals surface area (Å²) in [7, 11) is -1.85. The van der Waals surface area contributed by atoms with Crippen molar-refractivity contribution < 1.29 is 37.1 Å². The van der Waals surface area contributed by atoms with Crippen LogP contribution in [0.15, 0.2) is 77.5 Å². The van der Waals surface area contributed by atoms with Gasteiger partial charge < -0.3 is 14.4 Å². The number of pyridine rings is 3. The van der Waals surface area contributed by atoms with Crippen molar-refractivity contribution in [3.63, 3.8) is 0 Å². The Morgan fingerprint density at radius 3 is 2.40 bits per heavy atom. The van der Waals surface area contributed by atoms with E-state index in [1.54, 1.807) is 30.6 Å². The zero-order valence-electron chi connectivity index (χ0n) is 30.9. The van der Waals surface area contributed by atoms with Crippen LogP contribution in [0.3, 0.4) is 0 Å². The summed E-state index contributed by atoms with van der Waals surface area (Å²) in [6.07, 6.45) is 3.44. The zero-order chi connectivity index (χ0) is 35.2. The topological polar surface area (TPSA) is 51.8 Å². The monoisotopic (exact) mass is 772 g/mol. The Morgan fingerprint density at radius 2 is 1.72 bits per heavy atom. The maximum absolute atomic E-state index is 13.4.